The second kappa shape index (κ2) is 5.81. The Morgan fingerprint density at radius 2 is 1.95 bits per heavy atom. The van der Waals surface area contributed by atoms with Crippen LogP contribution in [0.15, 0.2) is 36.7 Å². The van der Waals surface area contributed by atoms with Crippen LogP contribution in [0.2, 0.25) is 0 Å². The van der Waals surface area contributed by atoms with Gasteiger partial charge in [-0.1, -0.05) is 12.1 Å². The molecule has 0 aliphatic carbocycles. The average molecular weight is 330 g/mol. The molecule has 1 fully saturated rings. The lowest BCUT2D eigenvalue weighted by molar-refractivity contribution is 0.445. The molecular formula is C15H14N4OS2. The summed E-state index contributed by atoms with van der Waals surface area (Å²) in [6, 6.07) is 10.1. The molecule has 0 unspecified atom stereocenters. The van der Waals surface area contributed by atoms with Gasteiger partial charge in [-0.3, -0.25) is 0 Å². The van der Waals surface area contributed by atoms with Crippen LogP contribution in [0.5, 0.6) is 11.6 Å². The van der Waals surface area contributed by atoms with Gasteiger partial charge >= 0.3 is 0 Å². The van der Waals surface area contributed by atoms with Crippen LogP contribution >= 0.6 is 23.5 Å². The summed E-state index contributed by atoms with van der Waals surface area (Å²) in [6.07, 6.45) is 1.48. The van der Waals surface area contributed by atoms with E-state index < -0.39 is 0 Å². The first-order chi connectivity index (χ1) is 10.8. The third-order valence-corrected chi connectivity index (χ3v) is 6.45. The van der Waals surface area contributed by atoms with E-state index in [1.807, 2.05) is 48.6 Å². The number of benzene rings is 1. The molecule has 2 aromatic heterocycles. The zero-order valence-corrected chi connectivity index (χ0v) is 13.6. The molecule has 22 heavy (non-hydrogen) atoms. The smallest absolute Gasteiger partial charge is 0.255 e. The number of rotatable bonds is 3. The van der Waals surface area contributed by atoms with E-state index >= 15 is 0 Å². The zero-order valence-electron chi connectivity index (χ0n) is 12.0. The van der Waals surface area contributed by atoms with Crippen molar-refractivity contribution in [3.8, 4) is 11.6 Å². The first-order valence-electron chi connectivity index (χ1n) is 6.98. The summed E-state index contributed by atoms with van der Waals surface area (Å²) in [5.41, 5.74) is 2.20. The molecule has 1 aromatic carbocycles. The number of hydrogen-bond donors (Lipinski definition) is 0. The van der Waals surface area contributed by atoms with Crippen LogP contribution in [0.25, 0.3) is 5.78 Å². The van der Waals surface area contributed by atoms with E-state index in [4.69, 9.17) is 4.74 Å². The molecule has 1 aliphatic heterocycles. The van der Waals surface area contributed by atoms with Crippen LogP contribution in [0.4, 0.5) is 0 Å². The van der Waals surface area contributed by atoms with Crippen molar-refractivity contribution in [3.05, 3.63) is 47.9 Å². The highest BCUT2D eigenvalue weighted by Crippen LogP contribution is 2.45. The van der Waals surface area contributed by atoms with Crippen LogP contribution in [0.1, 0.15) is 15.8 Å². The second-order valence-corrected chi connectivity index (χ2v) is 7.68. The van der Waals surface area contributed by atoms with Crippen molar-refractivity contribution in [2.75, 3.05) is 11.5 Å². The Kier molecular flexibility index (Phi) is 3.67. The fourth-order valence-corrected chi connectivity index (χ4v) is 5.19. The summed E-state index contributed by atoms with van der Waals surface area (Å²) in [5, 5.41) is 4.15. The Hall–Kier alpha value is -1.73. The Morgan fingerprint density at radius 3 is 2.73 bits per heavy atom. The Bertz CT molecular complexity index is 797. The van der Waals surface area contributed by atoms with Gasteiger partial charge in [-0.2, -0.15) is 14.6 Å². The predicted octanol–water partition coefficient (Wildman–Crippen LogP) is 3.70. The van der Waals surface area contributed by atoms with Gasteiger partial charge < -0.3 is 4.74 Å². The van der Waals surface area contributed by atoms with Gasteiger partial charge in [-0.15, -0.1) is 23.5 Å². The molecule has 0 N–H and O–H groups in total. The maximum atomic E-state index is 5.96. The largest absolute Gasteiger partial charge is 0.439 e. The van der Waals surface area contributed by atoms with E-state index in [0.717, 1.165) is 11.4 Å². The molecular weight excluding hydrogens is 316 g/mol. The molecule has 7 heteroatoms. The third-order valence-electron chi connectivity index (χ3n) is 3.34. The van der Waals surface area contributed by atoms with E-state index in [9.17, 15) is 0 Å². The first-order valence-corrected chi connectivity index (χ1v) is 9.08. The van der Waals surface area contributed by atoms with Crippen molar-refractivity contribution in [1.29, 1.82) is 0 Å². The molecule has 0 radical (unpaired) electrons. The van der Waals surface area contributed by atoms with E-state index in [0.29, 0.717) is 16.2 Å². The normalized spacial score (nSPS) is 15.5. The van der Waals surface area contributed by atoms with Crippen LogP contribution in [0, 0.1) is 6.92 Å². The summed E-state index contributed by atoms with van der Waals surface area (Å²) in [6.45, 7) is 1.92. The summed E-state index contributed by atoms with van der Waals surface area (Å²) in [4.78, 5) is 8.41. The molecule has 0 amide bonds. The third kappa shape index (κ3) is 2.66. The fraction of sp³-hybridized carbons (Fsp3) is 0.267. The van der Waals surface area contributed by atoms with Gasteiger partial charge in [0.25, 0.3) is 5.78 Å². The zero-order chi connectivity index (χ0) is 14.9. The molecule has 3 aromatic rings. The van der Waals surface area contributed by atoms with Crippen molar-refractivity contribution in [2.45, 2.75) is 11.5 Å². The second-order valence-electron chi connectivity index (χ2n) is 4.95. The van der Waals surface area contributed by atoms with Crippen LogP contribution < -0.4 is 4.74 Å². The lowest BCUT2D eigenvalue weighted by Crippen LogP contribution is -1.99. The number of thioether (sulfide) groups is 2. The van der Waals surface area contributed by atoms with Crippen LogP contribution in [-0.2, 0) is 0 Å². The van der Waals surface area contributed by atoms with Crippen molar-refractivity contribution in [1.82, 2.24) is 19.6 Å². The Morgan fingerprint density at radius 1 is 1.18 bits per heavy atom. The number of nitrogens with zero attached hydrogens (tertiary/aromatic N) is 4. The molecule has 3 heterocycles. The van der Waals surface area contributed by atoms with E-state index in [2.05, 4.69) is 27.2 Å². The average Bonchev–Trinajstić information content (AvgIpc) is 3.18. The van der Waals surface area contributed by atoms with E-state index in [1.54, 1.807) is 4.52 Å². The summed E-state index contributed by atoms with van der Waals surface area (Å²) in [5.74, 6) is 4.42. The maximum absolute atomic E-state index is 5.96. The summed E-state index contributed by atoms with van der Waals surface area (Å²) >= 11 is 4.00. The van der Waals surface area contributed by atoms with Gasteiger partial charge in [0, 0.05) is 23.3 Å². The SMILES string of the molecule is Cc1cc(Oc2ccc(C3SCCS3)cc2)n2ncnc2n1. The highest BCUT2D eigenvalue weighted by molar-refractivity contribution is 8.19. The minimum absolute atomic E-state index is 0.547. The molecule has 4 rings (SSSR count). The van der Waals surface area contributed by atoms with Crippen LogP contribution in [0.3, 0.4) is 0 Å². The number of ether oxygens (including phenoxy) is 1. The molecule has 112 valence electrons. The molecule has 0 saturated carbocycles. The van der Waals surface area contributed by atoms with Gasteiger partial charge in [0.15, 0.2) is 0 Å². The monoisotopic (exact) mass is 330 g/mol. The Balaban J connectivity index is 1.60. The standard InChI is InChI=1S/C15H14N4OS2/c1-10-8-13(19-15(18-10)16-9-17-19)20-12-4-2-11(3-5-12)14-21-6-7-22-14/h2-5,8-9,14H,6-7H2,1H3. The lowest BCUT2D eigenvalue weighted by Gasteiger charge is -2.11. The highest BCUT2D eigenvalue weighted by Gasteiger charge is 2.18. The van der Waals surface area contributed by atoms with Crippen molar-refractivity contribution < 1.29 is 4.74 Å². The summed E-state index contributed by atoms with van der Waals surface area (Å²) in [7, 11) is 0. The molecule has 0 bridgehead atoms. The maximum Gasteiger partial charge on any atom is 0.255 e. The predicted molar refractivity (Wildman–Crippen MR) is 89.7 cm³/mol. The summed E-state index contributed by atoms with van der Waals surface area (Å²) < 4.78 is 8.11. The van der Waals surface area contributed by atoms with E-state index in [-0.39, 0.29) is 0 Å². The minimum atomic E-state index is 0.547. The van der Waals surface area contributed by atoms with Crippen LogP contribution in [-0.4, -0.2) is 31.1 Å². The quantitative estimate of drug-likeness (QED) is 0.730. The number of hydrogen-bond acceptors (Lipinski definition) is 6. The number of fused-ring (bicyclic) bond motifs is 1. The number of aromatic nitrogens is 4. The van der Waals surface area contributed by atoms with E-state index in [1.165, 1.54) is 23.4 Å². The molecule has 0 atom stereocenters. The lowest BCUT2D eigenvalue weighted by atomic mass is 10.2. The first kappa shape index (κ1) is 13.9. The fourth-order valence-electron chi connectivity index (χ4n) is 2.33. The van der Waals surface area contributed by atoms with Gasteiger partial charge in [-0.25, -0.2) is 4.98 Å². The molecule has 1 aliphatic rings. The van der Waals surface area contributed by atoms with Crippen molar-refractivity contribution in [2.24, 2.45) is 0 Å². The van der Waals surface area contributed by atoms with Gasteiger partial charge in [0.2, 0.25) is 5.88 Å². The van der Waals surface area contributed by atoms with Gasteiger partial charge in [0.1, 0.15) is 12.1 Å². The van der Waals surface area contributed by atoms with Gasteiger partial charge in [-0.05, 0) is 24.6 Å². The minimum Gasteiger partial charge on any atom is -0.439 e. The van der Waals surface area contributed by atoms with Crippen molar-refractivity contribution >= 4 is 29.3 Å². The molecule has 5 nitrogen and oxygen atoms in total. The number of aryl methyl sites for hydroxylation is 1. The highest BCUT2D eigenvalue weighted by atomic mass is 32.2. The topological polar surface area (TPSA) is 52.3 Å². The molecule has 0 spiro atoms. The Labute approximate surface area is 136 Å². The molecule has 1 saturated heterocycles. The van der Waals surface area contributed by atoms with Gasteiger partial charge in [0.05, 0.1) is 4.58 Å². The van der Waals surface area contributed by atoms with Crippen molar-refractivity contribution in [3.63, 3.8) is 0 Å².